The highest BCUT2D eigenvalue weighted by molar-refractivity contribution is 5.94. The molecule has 0 aliphatic rings. The van der Waals surface area contributed by atoms with Crippen molar-refractivity contribution in [1.82, 2.24) is 9.97 Å². The van der Waals surface area contributed by atoms with Gasteiger partial charge in [0.15, 0.2) is 0 Å². The van der Waals surface area contributed by atoms with E-state index in [2.05, 4.69) is 20.6 Å². The second-order valence-corrected chi connectivity index (χ2v) is 8.54. The lowest BCUT2D eigenvalue weighted by atomic mass is 9.96. The van der Waals surface area contributed by atoms with Crippen LogP contribution in [0.25, 0.3) is 0 Å². The van der Waals surface area contributed by atoms with Gasteiger partial charge in [-0.15, -0.1) is 0 Å². The minimum absolute atomic E-state index is 0.0604. The molecule has 0 aromatic carbocycles. The van der Waals surface area contributed by atoms with Crippen molar-refractivity contribution in [1.29, 1.82) is 0 Å². The van der Waals surface area contributed by atoms with Gasteiger partial charge in [-0.25, -0.2) is 9.97 Å². The van der Waals surface area contributed by atoms with E-state index in [4.69, 9.17) is 5.73 Å². The molecule has 0 radical (unpaired) electrons. The maximum Gasteiger partial charge on any atom is 0.287 e. The van der Waals surface area contributed by atoms with E-state index in [-0.39, 0.29) is 17.5 Å². The third-order valence-corrected chi connectivity index (χ3v) is 3.59. The van der Waals surface area contributed by atoms with Crippen molar-refractivity contribution in [3.63, 3.8) is 0 Å². The van der Waals surface area contributed by atoms with Crippen molar-refractivity contribution >= 4 is 34.8 Å². The largest absolute Gasteiger partial charge is 0.397 e. The number of anilines is 3. The number of carbonyl (C=O) groups excluding carboxylic acids is 2. The molecule has 2 aromatic rings. The molecule has 0 atom stereocenters. The van der Waals surface area contributed by atoms with Gasteiger partial charge in [-0.2, -0.15) is 0 Å². The highest BCUT2D eigenvalue weighted by atomic mass is 16.6. The zero-order valence-electron chi connectivity index (χ0n) is 18.0. The van der Waals surface area contributed by atoms with E-state index in [0.717, 1.165) is 6.20 Å². The molecule has 30 heavy (non-hydrogen) atoms. The van der Waals surface area contributed by atoms with Gasteiger partial charge in [0.25, 0.3) is 5.69 Å². The third-order valence-electron chi connectivity index (χ3n) is 3.59. The molecule has 0 spiro atoms. The molecule has 0 bridgehead atoms. The summed E-state index contributed by atoms with van der Waals surface area (Å²) in [5, 5.41) is 15.7. The molecule has 162 valence electrons. The van der Waals surface area contributed by atoms with Crippen molar-refractivity contribution in [3.05, 3.63) is 46.8 Å². The minimum atomic E-state index is -0.539. The number of pyridine rings is 2. The first kappa shape index (κ1) is 24.5. The lowest BCUT2D eigenvalue weighted by molar-refractivity contribution is -0.385. The van der Waals surface area contributed by atoms with Crippen LogP contribution in [0.3, 0.4) is 0 Å². The highest BCUT2D eigenvalue weighted by Gasteiger charge is 2.22. The van der Waals surface area contributed by atoms with E-state index in [1.807, 2.05) is 20.8 Å². The second kappa shape index (κ2) is 9.77. The number of nitrogens with one attached hydrogen (secondary N) is 2. The predicted octanol–water partition coefficient (Wildman–Crippen LogP) is 3.62. The van der Waals surface area contributed by atoms with Gasteiger partial charge in [0.2, 0.25) is 11.8 Å². The van der Waals surface area contributed by atoms with Crippen molar-refractivity contribution in [3.8, 4) is 0 Å². The van der Waals surface area contributed by atoms with Gasteiger partial charge in [-0.3, -0.25) is 19.7 Å². The Morgan fingerprint density at radius 2 is 1.30 bits per heavy atom. The standard InChI is InChI=1S/C10H13N3O3.C10H15N3O/c1-10(2,3)9(14)12-8-5-4-7(6-11-8)13(15)16;1-10(2,3)9(14)13-8-5-4-7(11)6-12-8/h4-6H,1-3H3,(H,11,12,14);4-6H,11H2,1-3H3,(H,12,13,14). The number of nitrogen functional groups attached to an aromatic ring is 1. The molecule has 0 saturated carbocycles. The predicted molar refractivity (Wildman–Crippen MR) is 116 cm³/mol. The zero-order valence-corrected chi connectivity index (χ0v) is 18.0. The molecule has 2 amide bonds. The fraction of sp³-hybridized carbons (Fsp3) is 0.400. The number of hydrogen-bond acceptors (Lipinski definition) is 7. The summed E-state index contributed by atoms with van der Waals surface area (Å²) in [6.45, 7) is 10.9. The Kier molecular flexibility index (Phi) is 7.97. The molecular formula is C20H28N6O4. The Bertz CT molecular complexity index is 881. The summed E-state index contributed by atoms with van der Waals surface area (Å²) in [6, 6.07) is 6.08. The molecule has 10 nitrogen and oxygen atoms in total. The van der Waals surface area contributed by atoms with E-state index in [1.165, 1.54) is 18.3 Å². The van der Waals surface area contributed by atoms with Gasteiger partial charge < -0.3 is 16.4 Å². The van der Waals surface area contributed by atoms with Crippen LogP contribution in [0, 0.1) is 20.9 Å². The molecule has 10 heteroatoms. The number of rotatable bonds is 3. The third kappa shape index (κ3) is 8.21. The van der Waals surface area contributed by atoms with Crippen LogP contribution in [0.15, 0.2) is 36.7 Å². The normalized spacial score (nSPS) is 11.0. The van der Waals surface area contributed by atoms with Crippen LogP contribution in [0.1, 0.15) is 41.5 Å². The number of nitro groups is 1. The summed E-state index contributed by atoms with van der Waals surface area (Å²) in [6.07, 6.45) is 2.62. The fourth-order valence-electron chi connectivity index (χ4n) is 1.65. The van der Waals surface area contributed by atoms with Crippen molar-refractivity contribution in [2.75, 3.05) is 16.4 Å². The van der Waals surface area contributed by atoms with Crippen molar-refractivity contribution in [2.45, 2.75) is 41.5 Å². The monoisotopic (exact) mass is 416 g/mol. The number of hydrogen-bond donors (Lipinski definition) is 3. The molecule has 0 fully saturated rings. The Balaban J connectivity index is 0.000000303. The van der Waals surface area contributed by atoms with E-state index >= 15 is 0 Å². The van der Waals surface area contributed by atoms with E-state index < -0.39 is 15.8 Å². The Morgan fingerprint density at radius 3 is 1.60 bits per heavy atom. The van der Waals surface area contributed by atoms with Gasteiger partial charge in [0.05, 0.1) is 16.8 Å². The number of nitrogens with zero attached hydrogens (tertiary/aromatic N) is 3. The van der Waals surface area contributed by atoms with Crippen LogP contribution in [-0.2, 0) is 9.59 Å². The molecule has 0 aliphatic carbocycles. The first-order valence-corrected chi connectivity index (χ1v) is 9.15. The maximum absolute atomic E-state index is 11.6. The van der Waals surface area contributed by atoms with E-state index in [1.54, 1.807) is 32.9 Å². The molecule has 0 saturated heterocycles. The number of carbonyl (C=O) groups is 2. The smallest absolute Gasteiger partial charge is 0.287 e. The van der Waals surface area contributed by atoms with Crippen LogP contribution in [0.4, 0.5) is 23.0 Å². The number of aromatic nitrogens is 2. The molecule has 0 unspecified atom stereocenters. The lowest BCUT2D eigenvalue weighted by Crippen LogP contribution is -2.27. The molecule has 2 aromatic heterocycles. The minimum Gasteiger partial charge on any atom is -0.397 e. The van der Waals surface area contributed by atoms with Crippen LogP contribution in [0.5, 0.6) is 0 Å². The molecule has 4 N–H and O–H groups in total. The maximum atomic E-state index is 11.6. The molecule has 2 rings (SSSR count). The van der Waals surface area contributed by atoms with Crippen LogP contribution in [0.2, 0.25) is 0 Å². The zero-order chi connectivity index (χ0) is 23.1. The Hall–Kier alpha value is -3.56. The first-order valence-electron chi connectivity index (χ1n) is 9.15. The topological polar surface area (TPSA) is 153 Å². The van der Waals surface area contributed by atoms with Gasteiger partial charge in [0, 0.05) is 16.9 Å². The van der Waals surface area contributed by atoms with Gasteiger partial charge in [-0.05, 0) is 18.2 Å². The SMILES string of the molecule is CC(C)(C)C(=O)Nc1ccc(N)cn1.CC(C)(C)C(=O)Nc1ccc([N+](=O)[O-])cn1. The van der Waals surface area contributed by atoms with E-state index in [0.29, 0.717) is 17.3 Å². The van der Waals surface area contributed by atoms with Gasteiger partial charge in [-0.1, -0.05) is 41.5 Å². The summed E-state index contributed by atoms with van der Waals surface area (Å²) >= 11 is 0. The van der Waals surface area contributed by atoms with Crippen molar-refractivity contribution in [2.24, 2.45) is 10.8 Å². The van der Waals surface area contributed by atoms with Gasteiger partial charge in [0.1, 0.15) is 17.8 Å². The highest BCUT2D eigenvalue weighted by Crippen LogP contribution is 2.18. The van der Waals surface area contributed by atoms with Crippen LogP contribution >= 0.6 is 0 Å². The second-order valence-electron chi connectivity index (χ2n) is 8.54. The molecular weight excluding hydrogens is 388 g/mol. The van der Waals surface area contributed by atoms with Crippen LogP contribution in [-0.4, -0.2) is 26.7 Å². The average molecular weight is 416 g/mol. The molecule has 2 heterocycles. The Morgan fingerprint density at radius 1 is 0.867 bits per heavy atom. The first-order chi connectivity index (χ1) is 13.7. The summed E-state index contributed by atoms with van der Waals surface area (Å²) in [5.41, 5.74) is 5.01. The average Bonchev–Trinajstić information content (AvgIpc) is 2.63. The fourth-order valence-corrected chi connectivity index (χ4v) is 1.65. The number of amides is 2. The van der Waals surface area contributed by atoms with Crippen molar-refractivity contribution < 1.29 is 14.5 Å². The number of nitrogens with two attached hydrogens (primary N) is 1. The lowest BCUT2D eigenvalue weighted by Gasteiger charge is -2.16. The Labute approximate surface area is 175 Å². The summed E-state index contributed by atoms with van der Waals surface area (Å²) in [7, 11) is 0. The summed E-state index contributed by atoms with van der Waals surface area (Å²) in [4.78, 5) is 40.7. The summed E-state index contributed by atoms with van der Waals surface area (Å²) < 4.78 is 0. The molecule has 0 aliphatic heterocycles. The van der Waals surface area contributed by atoms with E-state index in [9.17, 15) is 19.7 Å². The summed E-state index contributed by atoms with van der Waals surface area (Å²) in [5.74, 6) is 0.591. The van der Waals surface area contributed by atoms with Crippen LogP contribution < -0.4 is 16.4 Å². The van der Waals surface area contributed by atoms with Gasteiger partial charge >= 0.3 is 0 Å². The quantitative estimate of drug-likeness (QED) is 0.510.